The molecule has 1 aromatic carbocycles. The summed E-state index contributed by atoms with van der Waals surface area (Å²) in [6.07, 6.45) is 1.09. The molecule has 21 heavy (non-hydrogen) atoms. The normalized spacial score (nSPS) is 16.8. The van der Waals surface area contributed by atoms with Crippen LogP contribution in [-0.4, -0.2) is 45.6 Å². The van der Waals surface area contributed by atoms with Crippen molar-refractivity contribution in [2.45, 2.75) is 19.9 Å². The first kappa shape index (κ1) is 16.2. The van der Waals surface area contributed by atoms with Crippen LogP contribution < -0.4 is 10.0 Å². The zero-order valence-corrected chi connectivity index (χ0v) is 13.2. The van der Waals surface area contributed by atoms with Gasteiger partial charge in [-0.3, -0.25) is 4.72 Å². The van der Waals surface area contributed by atoms with E-state index in [0.717, 1.165) is 25.1 Å². The predicted molar refractivity (Wildman–Crippen MR) is 83.4 cm³/mol. The molecule has 2 N–H and O–H groups in total. The topological polar surface area (TPSA) is 70.7 Å². The van der Waals surface area contributed by atoms with Crippen molar-refractivity contribution in [3.63, 3.8) is 0 Å². The Hall–Kier alpha value is -1.15. The van der Waals surface area contributed by atoms with Crippen LogP contribution in [0.15, 0.2) is 24.3 Å². The molecule has 0 atom stereocenters. The Morgan fingerprint density at radius 2 is 1.86 bits per heavy atom. The number of benzene rings is 1. The van der Waals surface area contributed by atoms with Crippen molar-refractivity contribution in [1.82, 2.24) is 9.62 Å². The van der Waals surface area contributed by atoms with E-state index in [1.165, 1.54) is 4.31 Å². The Bertz CT molecular complexity index is 525. The molecule has 1 fully saturated rings. The van der Waals surface area contributed by atoms with Gasteiger partial charge in [0, 0.05) is 25.3 Å². The SMILES string of the molecule is CCCNCc1ccc(NS(=O)(=O)N2CCOCC2)cc1. The first-order valence-electron chi connectivity index (χ1n) is 7.27. The Balaban J connectivity index is 1.92. The van der Waals surface area contributed by atoms with Crippen LogP contribution in [0.5, 0.6) is 0 Å². The molecule has 1 aromatic rings. The van der Waals surface area contributed by atoms with Gasteiger partial charge < -0.3 is 10.1 Å². The third kappa shape index (κ3) is 4.96. The molecule has 1 heterocycles. The van der Waals surface area contributed by atoms with E-state index in [1.807, 2.05) is 12.1 Å². The lowest BCUT2D eigenvalue weighted by molar-refractivity contribution is 0.0733. The second-order valence-corrected chi connectivity index (χ2v) is 6.66. The molecule has 0 bridgehead atoms. The number of nitrogens with one attached hydrogen (secondary N) is 2. The Kier molecular flexibility index (Phi) is 5.98. The van der Waals surface area contributed by atoms with Crippen LogP contribution in [0.3, 0.4) is 0 Å². The molecule has 1 saturated heterocycles. The van der Waals surface area contributed by atoms with Gasteiger partial charge in [0.15, 0.2) is 0 Å². The summed E-state index contributed by atoms with van der Waals surface area (Å²) in [5.41, 5.74) is 1.72. The molecule has 0 spiro atoms. The maximum Gasteiger partial charge on any atom is 0.301 e. The molecule has 118 valence electrons. The minimum atomic E-state index is -3.48. The van der Waals surface area contributed by atoms with Crippen molar-refractivity contribution in [3.8, 4) is 0 Å². The van der Waals surface area contributed by atoms with Crippen LogP contribution in [0.25, 0.3) is 0 Å². The highest BCUT2D eigenvalue weighted by atomic mass is 32.2. The monoisotopic (exact) mass is 313 g/mol. The van der Waals surface area contributed by atoms with Crippen molar-refractivity contribution in [3.05, 3.63) is 29.8 Å². The van der Waals surface area contributed by atoms with Gasteiger partial charge in [0.2, 0.25) is 0 Å². The fourth-order valence-electron chi connectivity index (χ4n) is 2.10. The van der Waals surface area contributed by atoms with Crippen LogP contribution in [0, 0.1) is 0 Å². The summed E-state index contributed by atoms with van der Waals surface area (Å²) in [5.74, 6) is 0. The minimum absolute atomic E-state index is 0.397. The average molecular weight is 313 g/mol. The molecule has 1 aliphatic rings. The predicted octanol–water partition coefficient (Wildman–Crippen LogP) is 1.18. The number of anilines is 1. The van der Waals surface area contributed by atoms with Gasteiger partial charge in [0.25, 0.3) is 0 Å². The Morgan fingerprint density at radius 3 is 2.48 bits per heavy atom. The molecular weight excluding hydrogens is 290 g/mol. The van der Waals surface area contributed by atoms with E-state index in [9.17, 15) is 8.42 Å². The summed E-state index contributed by atoms with van der Waals surface area (Å²) < 4.78 is 33.6. The van der Waals surface area contributed by atoms with E-state index >= 15 is 0 Å². The third-order valence-electron chi connectivity index (χ3n) is 3.27. The van der Waals surface area contributed by atoms with Crippen molar-refractivity contribution in [2.75, 3.05) is 37.6 Å². The van der Waals surface area contributed by atoms with Gasteiger partial charge in [-0.25, -0.2) is 0 Å². The van der Waals surface area contributed by atoms with Crippen molar-refractivity contribution >= 4 is 15.9 Å². The summed E-state index contributed by atoms with van der Waals surface area (Å²) in [6, 6.07) is 7.45. The van der Waals surface area contributed by atoms with Gasteiger partial charge in [0.1, 0.15) is 0 Å². The van der Waals surface area contributed by atoms with Gasteiger partial charge in [-0.1, -0.05) is 19.1 Å². The molecule has 6 nitrogen and oxygen atoms in total. The number of hydrogen-bond acceptors (Lipinski definition) is 4. The van der Waals surface area contributed by atoms with E-state index in [4.69, 9.17) is 4.74 Å². The maximum absolute atomic E-state index is 12.2. The first-order valence-corrected chi connectivity index (χ1v) is 8.71. The molecule has 1 aliphatic heterocycles. The van der Waals surface area contributed by atoms with E-state index in [-0.39, 0.29) is 0 Å². The lowest BCUT2D eigenvalue weighted by atomic mass is 10.2. The number of morpholine rings is 1. The summed E-state index contributed by atoms with van der Waals surface area (Å²) in [4.78, 5) is 0. The number of nitrogens with zero attached hydrogens (tertiary/aromatic N) is 1. The van der Waals surface area contributed by atoms with Gasteiger partial charge >= 0.3 is 10.2 Å². The second-order valence-electron chi connectivity index (χ2n) is 4.99. The first-order chi connectivity index (χ1) is 10.1. The summed E-state index contributed by atoms with van der Waals surface area (Å²) in [7, 11) is -3.48. The Morgan fingerprint density at radius 1 is 1.19 bits per heavy atom. The molecular formula is C14H23N3O3S. The van der Waals surface area contributed by atoms with Gasteiger partial charge in [-0.2, -0.15) is 12.7 Å². The van der Waals surface area contributed by atoms with Crippen LogP contribution in [0.4, 0.5) is 5.69 Å². The van der Waals surface area contributed by atoms with Crippen LogP contribution in [-0.2, 0) is 21.5 Å². The quantitative estimate of drug-likeness (QED) is 0.742. The summed E-state index contributed by atoms with van der Waals surface area (Å²) >= 11 is 0. The van der Waals surface area contributed by atoms with E-state index in [0.29, 0.717) is 32.0 Å². The van der Waals surface area contributed by atoms with Crippen LogP contribution >= 0.6 is 0 Å². The van der Waals surface area contributed by atoms with E-state index in [1.54, 1.807) is 12.1 Å². The van der Waals surface area contributed by atoms with Crippen molar-refractivity contribution in [2.24, 2.45) is 0 Å². The third-order valence-corrected chi connectivity index (χ3v) is 4.81. The lowest BCUT2D eigenvalue weighted by Gasteiger charge is -2.26. The smallest absolute Gasteiger partial charge is 0.301 e. The second kappa shape index (κ2) is 7.74. The highest BCUT2D eigenvalue weighted by Gasteiger charge is 2.23. The summed E-state index contributed by atoms with van der Waals surface area (Å²) in [6.45, 7) is 5.58. The largest absolute Gasteiger partial charge is 0.379 e. The maximum atomic E-state index is 12.2. The standard InChI is InChI=1S/C14H23N3O3S/c1-2-7-15-12-13-3-5-14(6-4-13)16-21(18,19)17-8-10-20-11-9-17/h3-6,15-16H,2,7-12H2,1H3. The Labute approximate surface area is 126 Å². The van der Waals surface area contributed by atoms with Crippen LogP contribution in [0.1, 0.15) is 18.9 Å². The molecule has 0 saturated carbocycles. The fraction of sp³-hybridized carbons (Fsp3) is 0.571. The van der Waals surface area contributed by atoms with E-state index < -0.39 is 10.2 Å². The number of ether oxygens (including phenoxy) is 1. The molecule has 0 amide bonds. The van der Waals surface area contributed by atoms with Gasteiger partial charge in [0.05, 0.1) is 13.2 Å². The fourth-order valence-corrected chi connectivity index (χ4v) is 3.29. The molecule has 7 heteroatoms. The zero-order chi connectivity index (χ0) is 15.1. The van der Waals surface area contributed by atoms with Gasteiger partial charge in [-0.05, 0) is 30.7 Å². The highest BCUT2D eigenvalue weighted by molar-refractivity contribution is 7.90. The summed E-state index contributed by atoms with van der Waals surface area (Å²) in [5, 5.41) is 3.31. The lowest BCUT2D eigenvalue weighted by Crippen LogP contribution is -2.43. The molecule has 0 unspecified atom stereocenters. The zero-order valence-electron chi connectivity index (χ0n) is 12.3. The average Bonchev–Trinajstić information content (AvgIpc) is 2.50. The van der Waals surface area contributed by atoms with Crippen LogP contribution in [0.2, 0.25) is 0 Å². The number of hydrogen-bond donors (Lipinski definition) is 2. The highest BCUT2D eigenvalue weighted by Crippen LogP contribution is 2.14. The minimum Gasteiger partial charge on any atom is -0.379 e. The molecule has 0 aliphatic carbocycles. The molecule has 0 aromatic heterocycles. The van der Waals surface area contributed by atoms with Gasteiger partial charge in [-0.15, -0.1) is 0 Å². The molecule has 0 radical (unpaired) electrons. The van der Waals surface area contributed by atoms with Crippen molar-refractivity contribution in [1.29, 1.82) is 0 Å². The van der Waals surface area contributed by atoms with E-state index in [2.05, 4.69) is 17.0 Å². The molecule has 2 rings (SSSR count). The number of rotatable bonds is 7. The van der Waals surface area contributed by atoms with Crippen molar-refractivity contribution < 1.29 is 13.2 Å².